The number of hydrogen-bond donors (Lipinski definition) is 1. The average Bonchev–Trinajstić information content (AvgIpc) is 3.12. The summed E-state index contributed by atoms with van der Waals surface area (Å²) in [7, 11) is 1.73. The fourth-order valence-electron chi connectivity index (χ4n) is 4.41. The number of nitro benzene ring substituents is 1. The summed E-state index contributed by atoms with van der Waals surface area (Å²) >= 11 is 0. The van der Waals surface area contributed by atoms with E-state index in [9.17, 15) is 20.0 Å². The molecule has 0 amide bonds. The third-order valence-corrected chi connectivity index (χ3v) is 5.80. The molecule has 4 aromatic carbocycles. The predicted molar refractivity (Wildman–Crippen MR) is 124 cm³/mol. The summed E-state index contributed by atoms with van der Waals surface area (Å²) in [4.78, 5) is 25.6. The second kappa shape index (κ2) is 7.35. The smallest absolute Gasteiger partial charge is 0.302 e. The molecular formula is C26H18N2O4. The molecule has 0 saturated heterocycles. The molecule has 0 unspecified atom stereocenters. The molecule has 0 radical (unpaired) electrons. The number of ketones is 1. The van der Waals surface area contributed by atoms with Gasteiger partial charge in [-0.15, -0.1) is 0 Å². The van der Waals surface area contributed by atoms with E-state index in [-0.39, 0.29) is 28.1 Å². The molecule has 1 aromatic heterocycles. The molecule has 0 atom stereocenters. The van der Waals surface area contributed by atoms with E-state index in [1.165, 1.54) is 0 Å². The number of carbonyl (C=O) groups excluding carboxylic acids is 1. The van der Waals surface area contributed by atoms with Crippen LogP contribution in [0.25, 0.3) is 32.9 Å². The normalized spacial score (nSPS) is 11.2. The SMILES string of the molecule is Cn1c2ccccc2c2c(O)c(C(=O)c3ccccc3)c(-c3ccccc3)c([N+](=O)[O-])c21. The predicted octanol–water partition coefficient (Wildman–Crippen LogP) is 5.84. The van der Waals surface area contributed by atoms with E-state index >= 15 is 0 Å². The summed E-state index contributed by atoms with van der Waals surface area (Å²) in [6.07, 6.45) is 0. The Hall–Kier alpha value is -4.45. The van der Waals surface area contributed by atoms with Gasteiger partial charge in [0, 0.05) is 23.5 Å². The minimum absolute atomic E-state index is 0.0713. The molecule has 156 valence electrons. The quantitative estimate of drug-likeness (QED) is 0.224. The first-order chi connectivity index (χ1) is 15.5. The van der Waals surface area contributed by atoms with Crippen molar-refractivity contribution < 1.29 is 14.8 Å². The lowest BCUT2D eigenvalue weighted by atomic mass is 9.89. The van der Waals surface area contributed by atoms with Crippen molar-refractivity contribution in [2.24, 2.45) is 7.05 Å². The molecule has 0 fully saturated rings. The molecule has 5 aromatic rings. The molecule has 1 N–H and O–H groups in total. The molecule has 0 aliphatic heterocycles. The van der Waals surface area contributed by atoms with E-state index in [1.54, 1.807) is 84.4 Å². The Morgan fingerprint density at radius 1 is 0.906 bits per heavy atom. The Morgan fingerprint density at radius 3 is 2.16 bits per heavy atom. The summed E-state index contributed by atoms with van der Waals surface area (Å²) in [5.74, 6) is -0.727. The van der Waals surface area contributed by atoms with Crippen LogP contribution in [-0.2, 0) is 7.05 Å². The van der Waals surface area contributed by atoms with Crippen molar-refractivity contribution in [3.63, 3.8) is 0 Å². The lowest BCUT2D eigenvalue weighted by molar-refractivity contribution is -0.382. The number of hydrogen-bond acceptors (Lipinski definition) is 4. The molecule has 0 aliphatic rings. The number of nitro groups is 1. The van der Waals surface area contributed by atoms with Gasteiger partial charge in [-0.2, -0.15) is 0 Å². The number of phenols is 1. The highest BCUT2D eigenvalue weighted by molar-refractivity contribution is 6.25. The largest absolute Gasteiger partial charge is 0.506 e. The zero-order valence-electron chi connectivity index (χ0n) is 17.1. The van der Waals surface area contributed by atoms with Gasteiger partial charge in [-0.25, -0.2) is 0 Å². The number of phenolic OH excluding ortho intramolecular Hbond substituents is 1. The minimum atomic E-state index is -0.472. The highest BCUT2D eigenvalue weighted by Gasteiger charge is 2.34. The maximum absolute atomic E-state index is 13.6. The molecule has 0 spiro atoms. The molecule has 32 heavy (non-hydrogen) atoms. The fraction of sp³-hybridized carbons (Fsp3) is 0.0385. The maximum Gasteiger partial charge on any atom is 0.302 e. The van der Waals surface area contributed by atoms with Crippen molar-refractivity contribution in [3.8, 4) is 16.9 Å². The molecule has 0 aliphatic carbocycles. The number of fused-ring (bicyclic) bond motifs is 3. The summed E-state index contributed by atoms with van der Waals surface area (Å²) in [5, 5.41) is 24.9. The number of aromatic hydroxyl groups is 1. The van der Waals surface area contributed by atoms with Crippen LogP contribution >= 0.6 is 0 Å². The van der Waals surface area contributed by atoms with Crippen molar-refractivity contribution in [2.45, 2.75) is 0 Å². The van der Waals surface area contributed by atoms with Crippen molar-refractivity contribution in [2.75, 3.05) is 0 Å². The first-order valence-corrected chi connectivity index (χ1v) is 10.1. The number of para-hydroxylation sites is 1. The number of nitrogens with zero attached hydrogens (tertiary/aromatic N) is 2. The maximum atomic E-state index is 13.6. The van der Waals surface area contributed by atoms with Crippen molar-refractivity contribution in [3.05, 3.63) is 106 Å². The van der Waals surface area contributed by atoms with Crippen LogP contribution in [0.5, 0.6) is 5.75 Å². The van der Waals surface area contributed by atoms with Crippen LogP contribution in [0.4, 0.5) is 5.69 Å². The second-order valence-electron chi connectivity index (χ2n) is 7.57. The summed E-state index contributed by atoms with van der Waals surface area (Å²) in [6, 6.07) is 24.5. The van der Waals surface area contributed by atoms with E-state index in [0.29, 0.717) is 21.9 Å². The fourth-order valence-corrected chi connectivity index (χ4v) is 4.41. The van der Waals surface area contributed by atoms with Gasteiger partial charge in [0.25, 0.3) is 0 Å². The Kier molecular flexibility index (Phi) is 4.48. The lowest BCUT2D eigenvalue weighted by Crippen LogP contribution is -2.08. The zero-order chi connectivity index (χ0) is 22.4. The van der Waals surface area contributed by atoms with Crippen LogP contribution in [-0.4, -0.2) is 20.4 Å². The van der Waals surface area contributed by atoms with E-state index in [1.807, 2.05) is 12.1 Å². The van der Waals surface area contributed by atoms with E-state index in [0.717, 1.165) is 5.52 Å². The standard InChI is InChI=1S/C26H18N2O4/c1-27-19-15-9-8-14-18(19)21-23(27)24(28(31)32)20(16-10-4-2-5-11-16)22(26(21)30)25(29)17-12-6-3-7-13-17/h2-15,30H,1H3. The Bertz CT molecular complexity index is 1520. The van der Waals surface area contributed by atoms with Gasteiger partial charge in [0.2, 0.25) is 0 Å². The highest BCUT2D eigenvalue weighted by atomic mass is 16.6. The Balaban J connectivity index is 2.04. The van der Waals surface area contributed by atoms with Gasteiger partial charge < -0.3 is 9.67 Å². The molecule has 1 heterocycles. The van der Waals surface area contributed by atoms with Gasteiger partial charge in [0.05, 0.1) is 21.4 Å². The van der Waals surface area contributed by atoms with Crippen molar-refractivity contribution >= 4 is 33.3 Å². The van der Waals surface area contributed by atoms with E-state index in [4.69, 9.17) is 0 Å². The van der Waals surface area contributed by atoms with E-state index in [2.05, 4.69) is 0 Å². The number of aromatic nitrogens is 1. The molecular weight excluding hydrogens is 404 g/mol. The molecule has 0 bridgehead atoms. The van der Waals surface area contributed by atoms with Crippen LogP contribution in [0, 0.1) is 10.1 Å². The molecule has 6 heteroatoms. The summed E-state index contributed by atoms with van der Waals surface area (Å²) in [6.45, 7) is 0. The summed E-state index contributed by atoms with van der Waals surface area (Å²) < 4.78 is 1.70. The number of benzene rings is 4. The number of carbonyl (C=O) groups is 1. The van der Waals surface area contributed by atoms with Crippen LogP contribution < -0.4 is 0 Å². The van der Waals surface area contributed by atoms with Gasteiger partial charge in [0.15, 0.2) is 5.78 Å². The van der Waals surface area contributed by atoms with Gasteiger partial charge >= 0.3 is 5.69 Å². The van der Waals surface area contributed by atoms with Crippen LogP contribution in [0.2, 0.25) is 0 Å². The van der Waals surface area contributed by atoms with Crippen LogP contribution in [0.3, 0.4) is 0 Å². The molecule has 6 nitrogen and oxygen atoms in total. The number of rotatable bonds is 4. The van der Waals surface area contributed by atoms with Gasteiger partial charge in [-0.1, -0.05) is 78.9 Å². The summed E-state index contributed by atoms with van der Waals surface area (Å²) in [5.41, 5.74) is 1.66. The van der Waals surface area contributed by atoms with E-state index < -0.39 is 10.7 Å². The lowest BCUT2D eigenvalue weighted by Gasteiger charge is -2.14. The average molecular weight is 422 g/mol. The van der Waals surface area contributed by atoms with Gasteiger partial charge in [-0.05, 0) is 11.6 Å². The first-order valence-electron chi connectivity index (χ1n) is 10.1. The molecule has 5 rings (SSSR count). The van der Waals surface area contributed by atoms with Crippen LogP contribution in [0.1, 0.15) is 15.9 Å². The second-order valence-corrected chi connectivity index (χ2v) is 7.57. The van der Waals surface area contributed by atoms with Crippen LogP contribution in [0.15, 0.2) is 84.9 Å². The zero-order valence-corrected chi connectivity index (χ0v) is 17.1. The third-order valence-electron chi connectivity index (χ3n) is 5.80. The third kappa shape index (κ3) is 2.77. The van der Waals surface area contributed by atoms with Crippen molar-refractivity contribution in [1.29, 1.82) is 0 Å². The number of aryl methyl sites for hydroxylation is 1. The Morgan fingerprint density at radius 2 is 1.50 bits per heavy atom. The molecule has 0 saturated carbocycles. The van der Waals surface area contributed by atoms with Crippen molar-refractivity contribution in [1.82, 2.24) is 4.57 Å². The highest BCUT2D eigenvalue weighted by Crippen LogP contribution is 2.49. The minimum Gasteiger partial charge on any atom is -0.506 e. The first kappa shape index (κ1) is 19.5. The van der Waals surface area contributed by atoms with Gasteiger partial charge in [-0.3, -0.25) is 14.9 Å². The monoisotopic (exact) mass is 422 g/mol. The Labute approximate surface area is 183 Å². The topological polar surface area (TPSA) is 85.4 Å². The van der Waals surface area contributed by atoms with Gasteiger partial charge in [0.1, 0.15) is 11.3 Å².